The number of aromatic nitrogens is 3. The first-order valence-electron chi connectivity index (χ1n) is 6.46. The number of β-amino-alcohol motifs (C(OH)–C–C–N with tert-alkyl or cyclic N) is 1. The van der Waals surface area contributed by atoms with Crippen LogP contribution >= 0.6 is 0 Å². The van der Waals surface area contributed by atoms with Crippen molar-refractivity contribution in [2.24, 2.45) is 0 Å². The summed E-state index contributed by atoms with van der Waals surface area (Å²) in [5.41, 5.74) is 0.984. The van der Waals surface area contributed by atoms with Gasteiger partial charge in [-0.25, -0.2) is 9.97 Å². The van der Waals surface area contributed by atoms with Crippen LogP contribution in [-0.2, 0) is 4.74 Å². The van der Waals surface area contributed by atoms with Crippen LogP contribution in [0.1, 0.15) is 16.9 Å². The summed E-state index contributed by atoms with van der Waals surface area (Å²) in [5, 5.41) is 10.5. The molecule has 106 valence electrons. The van der Waals surface area contributed by atoms with E-state index in [1.54, 1.807) is 24.3 Å². The maximum atomic E-state index is 12.6. The zero-order chi connectivity index (χ0) is 14.1. The third-order valence-electron chi connectivity index (χ3n) is 3.57. The molecule has 0 spiro atoms. The predicted octanol–water partition coefficient (Wildman–Crippen LogP) is 0.180. The molecule has 3 rings (SSSR count). The smallest absolute Gasteiger partial charge is 0.273 e. The Balaban J connectivity index is 1.93. The zero-order valence-corrected chi connectivity index (χ0v) is 11.1. The highest BCUT2D eigenvalue weighted by Crippen LogP contribution is 2.22. The van der Waals surface area contributed by atoms with E-state index in [2.05, 4.69) is 15.0 Å². The van der Waals surface area contributed by atoms with E-state index in [1.165, 1.54) is 6.33 Å². The standard InChI is InChI=1S/C13H16N4O3/c1-20-6-8-4-9(18)5-17(8)13(19)11-10-2-3-14-12(10)16-7-15-11/h2-3,7-9,18H,4-6H2,1H3,(H,14,15,16)/t8-,9+/m0/s1. The molecule has 0 unspecified atom stereocenters. The quantitative estimate of drug-likeness (QED) is 0.834. The monoisotopic (exact) mass is 276 g/mol. The van der Waals surface area contributed by atoms with Crippen LogP contribution in [0.4, 0.5) is 0 Å². The fourth-order valence-electron chi connectivity index (χ4n) is 2.67. The van der Waals surface area contributed by atoms with Crippen LogP contribution in [0.5, 0.6) is 0 Å². The number of amides is 1. The minimum atomic E-state index is -0.511. The van der Waals surface area contributed by atoms with E-state index < -0.39 is 6.10 Å². The largest absolute Gasteiger partial charge is 0.391 e. The van der Waals surface area contributed by atoms with Crippen molar-refractivity contribution in [1.82, 2.24) is 19.9 Å². The minimum Gasteiger partial charge on any atom is -0.391 e. The zero-order valence-electron chi connectivity index (χ0n) is 11.1. The molecule has 0 aromatic carbocycles. The van der Waals surface area contributed by atoms with Crippen molar-refractivity contribution in [3.63, 3.8) is 0 Å². The highest BCUT2D eigenvalue weighted by atomic mass is 16.5. The number of carbonyl (C=O) groups excluding carboxylic acids is 1. The minimum absolute atomic E-state index is 0.119. The SMILES string of the molecule is COC[C@@H]1C[C@@H](O)CN1C(=O)c1ncnc2[nH]ccc12. The summed E-state index contributed by atoms with van der Waals surface area (Å²) in [5.74, 6) is -0.199. The van der Waals surface area contributed by atoms with E-state index in [0.717, 1.165) is 0 Å². The number of H-pyrrole nitrogens is 1. The molecular formula is C13H16N4O3. The first-order chi connectivity index (χ1) is 9.70. The summed E-state index contributed by atoms with van der Waals surface area (Å²) < 4.78 is 5.12. The van der Waals surface area contributed by atoms with Crippen LogP contribution in [0.3, 0.4) is 0 Å². The van der Waals surface area contributed by atoms with Crippen molar-refractivity contribution in [1.29, 1.82) is 0 Å². The number of carbonyl (C=O) groups is 1. The molecule has 1 fully saturated rings. The summed E-state index contributed by atoms with van der Waals surface area (Å²) in [7, 11) is 1.59. The molecule has 0 saturated carbocycles. The van der Waals surface area contributed by atoms with E-state index in [4.69, 9.17) is 4.74 Å². The Labute approximate surface area is 115 Å². The predicted molar refractivity (Wildman–Crippen MR) is 71.2 cm³/mol. The first kappa shape index (κ1) is 13.0. The second-order valence-electron chi connectivity index (χ2n) is 4.92. The number of hydrogen-bond donors (Lipinski definition) is 2. The van der Waals surface area contributed by atoms with Crippen molar-refractivity contribution in [2.75, 3.05) is 20.3 Å². The summed E-state index contributed by atoms with van der Waals surface area (Å²) in [4.78, 5) is 25.4. The molecule has 2 aromatic rings. The van der Waals surface area contributed by atoms with Gasteiger partial charge < -0.3 is 19.7 Å². The van der Waals surface area contributed by atoms with Crippen molar-refractivity contribution >= 4 is 16.9 Å². The number of rotatable bonds is 3. The number of nitrogens with zero attached hydrogens (tertiary/aromatic N) is 3. The van der Waals surface area contributed by atoms with Crippen LogP contribution in [0, 0.1) is 0 Å². The van der Waals surface area contributed by atoms with Crippen LogP contribution in [-0.4, -0.2) is 63.3 Å². The van der Waals surface area contributed by atoms with Gasteiger partial charge in [0, 0.05) is 19.9 Å². The second kappa shape index (κ2) is 5.18. The van der Waals surface area contributed by atoms with Crippen molar-refractivity contribution in [3.8, 4) is 0 Å². The number of ether oxygens (including phenoxy) is 1. The summed E-state index contributed by atoms with van der Waals surface area (Å²) in [6.07, 6.45) is 3.11. The van der Waals surface area contributed by atoms with Crippen LogP contribution in [0.25, 0.3) is 11.0 Å². The van der Waals surface area contributed by atoms with Crippen LogP contribution < -0.4 is 0 Å². The van der Waals surface area contributed by atoms with Gasteiger partial charge in [-0.2, -0.15) is 0 Å². The lowest BCUT2D eigenvalue weighted by atomic mass is 10.2. The van der Waals surface area contributed by atoms with Gasteiger partial charge in [0.2, 0.25) is 0 Å². The third-order valence-corrected chi connectivity index (χ3v) is 3.57. The van der Waals surface area contributed by atoms with Gasteiger partial charge in [0.25, 0.3) is 5.91 Å². The maximum absolute atomic E-state index is 12.6. The molecule has 0 aliphatic carbocycles. The molecule has 20 heavy (non-hydrogen) atoms. The molecule has 3 heterocycles. The van der Waals surface area contributed by atoms with Crippen molar-refractivity contribution in [3.05, 3.63) is 24.3 Å². The van der Waals surface area contributed by atoms with Crippen molar-refractivity contribution in [2.45, 2.75) is 18.6 Å². The normalized spacial score (nSPS) is 22.6. The number of aliphatic hydroxyl groups excluding tert-OH is 1. The Morgan fingerprint density at radius 2 is 2.45 bits per heavy atom. The molecular weight excluding hydrogens is 260 g/mol. The van der Waals surface area contributed by atoms with Crippen LogP contribution in [0.2, 0.25) is 0 Å². The molecule has 7 heteroatoms. The Kier molecular flexibility index (Phi) is 3.37. The second-order valence-corrected chi connectivity index (χ2v) is 4.92. The number of nitrogens with one attached hydrogen (secondary N) is 1. The van der Waals surface area contributed by atoms with Gasteiger partial charge in [-0.05, 0) is 12.5 Å². The molecule has 1 saturated heterocycles. The number of hydrogen-bond acceptors (Lipinski definition) is 5. The molecule has 2 N–H and O–H groups in total. The fourth-order valence-corrected chi connectivity index (χ4v) is 2.67. The van der Waals surface area contributed by atoms with Gasteiger partial charge in [0.05, 0.1) is 24.1 Å². The molecule has 1 amide bonds. The third kappa shape index (κ3) is 2.14. The average Bonchev–Trinajstić information content (AvgIpc) is 3.04. The Hall–Kier alpha value is -1.99. The average molecular weight is 276 g/mol. The van der Waals surface area contributed by atoms with E-state index in [-0.39, 0.29) is 11.9 Å². The molecule has 0 radical (unpaired) electrons. The lowest BCUT2D eigenvalue weighted by Gasteiger charge is -2.23. The van der Waals surface area contributed by atoms with Gasteiger partial charge in [-0.1, -0.05) is 0 Å². The fraction of sp³-hybridized carbons (Fsp3) is 0.462. The number of likely N-dealkylation sites (tertiary alicyclic amines) is 1. The van der Waals surface area contributed by atoms with Crippen molar-refractivity contribution < 1.29 is 14.6 Å². The molecule has 1 aliphatic rings. The molecule has 0 bridgehead atoms. The van der Waals surface area contributed by atoms with Gasteiger partial charge in [0.15, 0.2) is 0 Å². The summed E-state index contributed by atoms with van der Waals surface area (Å²) in [6, 6.07) is 1.66. The molecule has 2 atom stereocenters. The highest BCUT2D eigenvalue weighted by Gasteiger charge is 2.35. The Morgan fingerprint density at radius 3 is 3.25 bits per heavy atom. The molecule has 1 aliphatic heterocycles. The van der Waals surface area contributed by atoms with Gasteiger partial charge in [-0.3, -0.25) is 4.79 Å². The van der Waals surface area contributed by atoms with E-state index in [9.17, 15) is 9.90 Å². The van der Waals surface area contributed by atoms with Gasteiger partial charge in [-0.15, -0.1) is 0 Å². The Morgan fingerprint density at radius 1 is 1.60 bits per heavy atom. The van der Waals surface area contributed by atoms with Gasteiger partial charge in [0.1, 0.15) is 17.7 Å². The van der Waals surface area contributed by atoms with Gasteiger partial charge >= 0.3 is 0 Å². The number of aliphatic hydroxyl groups is 1. The number of methoxy groups -OCH3 is 1. The summed E-state index contributed by atoms with van der Waals surface area (Å²) in [6.45, 7) is 0.715. The molecule has 7 nitrogen and oxygen atoms in total. The maximum Gasteiger partial charge on any atom is 0.273 e. The lowest BCUT2D eigenvalue weighted by Crippen LogP contribution is -2.38. The topological polar surface area (TPSA) is 91.3 Å². The van der Waals surface area contributed by atoms with E-state index >= 15 is 0 Å². The van der Waals surface area contributed by atoms with E-state index in [1.807, 2.05) is 0 Å². The summed E-state index contributed by atoms with van der Waals surface area (Å²) >= 11 is 0. The first-order valence-corrected chi connectivity index (χ1v) is 6.46. The lowest BCUT2D eigenvalue weighted by molar-refractivity contribution is 0.0619. The number of fused-ring (bicyclic) bond motifs is 1. The number of aromatic amines is 1. The highest BCUT2D eigenvalue weighted by molar-refractivity contribution is 6.03. The van der Waals surface area contributed by atoms with E-state index in [0.29, 0.717) is 36.3 Å². The Bertz CT molecular complexity index is 627. The molecule has 2 aromatic heterocycles. The van der Waals surface area contributed by atoms with Crippen LogP contribution in [0.15, 0.2) is 18.6 Å².